The van der Waals surface area contributed by atoms with E-state index in [1.165, 1.54) is 24.5 Å². The molecule has 1 aliphatic rings. The van der Waals surface area contributed by atoms with Crippen molar-refractivity contribution in [3.05, 3.63) is 47.4 Å². The molecule has 2 aromatic rings. The molecule has 10 heteroatoms. The molecule has 1 fully saturated rings. The normalized spacial score (nSPS) is 18.9. The van der Waals surface area contributed by atoms with Crippen molar-refractivity contribution >= 4 is 17.4 Å². The number of amides is 1. The summed E-state index contributed by atoms with van der Waals surface area (Å²) in [5.74, 6) is -0.542. The van der Waals surface area contributed by atoms with Crippen LogP contribution in [0.4, 0.5) is 24.7 Å². The van der Waals surface area contributed by atoms with Gasteiger partial charge in [-0.1, -0.05) is 6.42 Å². The standard InChI is InChI=1S/C19H18F3N5O2/c20-19(21,22)14-8-13(5-4-11(14)9-23)27-18(29)16-17(25-7-6-24-16)26-10-12-2-1-3-15(12)28/h4-8,12,15,28H,1-3,10H2,(H,25,26)(H,27,29)/t12?,15-/m1/s1. The minimum absolute atomic E-state index is 0.0285. The lowest BCUT2D eigenvalue weighted by molar-refractivity contribution is -0.137. The van der Waals surface area contributed by atoms with Gasteiger partial charge in [0.25, 0.3) is 5.91 Å². The molecule has 1 amide bonds. The topological polar surface area (TPSA) is 111 Å². The molecule has 0 spiro atoms. The Morgan fingerprint density at radius 2 is 2.03 bits per heavy atom. The van der Waals surface area contributed by atoms with Crippen molar-refractivity contribution in [1.82, 2.24) is 9.97 Å². The highest BCUT2D eigenvalue weighted by Crippen LogP contribution is 2.33. The highest BCUT2D eigenvalue weighted by molar-refractivity contribution is 6.06. The van der Waals surface area contributed by atoms with Crippen LogP contribution in [0.15, 0.2) is 30.6 Å². The molecule has 0 aliphatic heterocycles. The molecule has 7 nitrogen and oxygen atoms in total. The molecular weight excluding hydrogens is 387 g/mol. The molecule has 3 N–H and O–H groups in total. The number of alkyl halides is 3. The van der Waals surface area contributed by atoms with E-state index in [9.17, 15) is 23.1 Å². The minimum Gasteiger partial charge on any atom is -0.393 e. The molecule has 1 aromatic carbocycles. The smallest absolute Gasteiger partial charge is 0.393 e. The number of anilines is 2. The van der Waals surface area contributed by atoms with Gasteiger partial charge in [-0.25, -0.2) is 9.97 Å². The lowest BCUT2D eigenvalue weighted by atomic mass is 10.1. The van der Waals surface area contributed by atoms with Gasteiger partial charge in [0, 0.05) is 30.5 Å². The molecule has 1 unspecified atom stereocenters. The number of nitrogens with zero attached hydrogens (tertiary/aromatic N) is 3. The average Bonchev–Trinajstić information content (AvgIpc) is 3.10. The molecule has 29 heavy (non-hydrogen) atoms. The zero-order valence-electron chi connectivity index (χ0n) is 15.2. The Hall–Kier alpha value is -3.19. The van der Waals surface area contributed by atoms with Crippen LogP contribution in [0.5, 0.6) is 0 Å². The highest BCUT2D eigenvalue weighted by atomic mass is 19.4. The number of carbonyl (C=O) groups is 1. The third kappa shape index (κ3) is 4.81. The van der Waals surface area contributed by atoms with Crippen LogP contribution in [0.1, 0.15) is 40.9 Å². The summed E-state index contributed by atoms with van der Waals surface area (Å²) >= 11 is 0. The van der Waals surface area contributed by atoms with E-state index < -0.39 is 29.3 Å². The average molecular weight is 405 g/mol. The maximum absolute atomic E-state index is 13.1. The summed E-state index contributed by atoms with van der Waals surface area (Å²) in [5, 5.41) is 24.1. The third-order valence-electron chi connectivity index (χ3n) is 4.77. The number of rotatable bonds is 5. The number of hydrogen-bond acceptors (Lipinski definition) is 6. The van der Waals surface area contributed by atoms with Crippen LogP contribution in [-0.2, 0) is 6.18 Å². The van der Waals surface area contributed by atoms with E-state index in [0.717, 1.165) is 25.3 Å². The van der Waals surface area contributed by atoms with Crippen LogP contribution in [0.2, 0.25) is 0 Å². The Labute approximate surface area is 164 Å². The summed E-state index contributed by atoms with van der Waals surface area (Å²) in [6.07, 6.45) is 0.0187. The number of nitrogens with one attached hydrogen (secondary N) is 2. The first-order valence-electron chi connectivity index (χ1n) is 8.95. The van der Waals surface area contributed by atoms with E-state index in [2.05, 4.69) is 20.6 Å². The van der Waals surface area contributed by atoms with Gasteiger partial charge in [0.1, 0.15) is 0 Å². The van der Waals surface area contributed by atoms with Crippen molar-refractivity contribution in [3.8, 4) is 6.07 Å². The zero-order chi connectivity index (χ0) is 21.0. The third-order valence-corrected chi connectivity index (χ3v) is 4.77. The van der Waals surface area contributed by atoms with Gasteiger partial charge in [-0.3, -0.25) is 4.79 Å². The molecule has 0 bridgehead atoms. The maximum atomic E-state index is 13.1. The second kappa shape index (κ2) is 8.45. The maximum Gasteiger partial charge on any atom is 0.417 e. The van der Waals surface area contributed by atoms with Crippen LogP contribution in [0, 0.1) is 17.2 Å². The number of nitriles is 1. The van der Waals surface area contributed by atoms with Crippen molar-refractivity contribution < 1.29 is 23.1 Å². The lowest BCUT2D eigenvalue weighted by Gasteiger charge is -2.17. The van der Waals surface area contributed by atoms with E-state index in [1.807, 2.05) is 0 Å². The Balaban J connectivity index is 1.77. The van der Waals surface area contributed by atoms with Crippen LogP contribution in [0.3, 0.4) is 0 Å². The molecule has 0 saturated heterocycles. The Bertz CT molecular complexity index is 942. The highest BCUT2D eigenvalue weighted by Gasteiger charge is 2.34. The summed E-state index contributed by atoms with van der Waals surface area (Å²) < 4.78 is 39.3. The van der Waals surface area contributed by atoms with Crippen LogP contribution in [-0.4, -0.2) is 33.6 Å². The summed E-state index contributed by atoms with van der Waals surface area (Å²) in [7, 11) is 0. The predicted molar refractivity (Wildman–Crippen MR) is 98.0 cm³/mol. The van der Waals surface area contributed by atoms with Crippen LogP contribution < -0.4 is 10.6 Å². The molecule has 1 aromatic heterocycles. The van der Waals surface area contributed by atoms with Crippen molar-refractivity contribution in [2.75, 3.05) is 17.2 Å². The van der Waals surface area contributed by atoms with Gasteiger partial charge in [-0.2, -0.15) is 18.4 Å². The van der Waals surface area contributed by atoms with Gasteiger partial charge < -0.3 is 15.7 Å². The summed E-state index contributed by atoms with van der Waals surface area (Å²) in [4.78, 5) is 20.6. The van der Waals surface area contributed by atoms with Crippen molar-refractivity contribution in [2.45, 2.75) is 31.5 Å². The summed E-state index contributed by atoms with van der Waals surface area (Å²) in [6, 6.07) is 4.40. The van der Waals surface area contributed by atoms with Gasteiger partial charge >= 0.3 is 6.18 Å². The quantitative estimate of drug-likeness (QED) is 0.705. The molecule has 1 heterocycles. The second-order valence-corrected chi connectivity index (χ2v) is 6.72. The summed E-state index contributed by atoms with van der Waals surface area (Å²) in [6.45, 7) is 0.398. The Kier molecular flexibility index (Phi) is 5.98. The molecule has 1 saturated carbocycles. The first kappa shape index (κ1) is 20.5. The molecule has 3 rings (SSSR count). The number of aliphatic hydroxyl groups is 1. The predicted octanol–water partition coefficient (Wildman–Crippen LogP) is 3.19. The molecule has 1 aliphatic carbocycles. The van der Waals surface area contributed by atoms with Gasteiger partial charge in [0.2, 0.25) is 0 Å². The number of aliphatic hydroxyl groups excluding tert-OH is 1. The number of carbonyl (C=O) groups excluding carboxylic acids is 1. The number of aromatic nitrogens is 2. The van der Waals surface area contributed by atoms with Gasteiger partial charge in [0.05, 0.1) is 23.3 Å². The number of benzene rings is 1. The first-order chi connectivity index (χ1) is 13.8. The molecule has 152 valence electrons. The van der Waals surface area contributed by atoms with Crippen molar-refractivity contribution in [1.29, 1.82) is 5.26 Å². The zero-order valence-corrected chi connectivity index (χ0v) is 15.2. The minimum atomic E-state index is -4.73. The van der Waals surface area contributed by atoms with Crippen LogP contribution >= 0.6 is 0 Å². The van der Waals surface area contributed by atoms with Gasteiger partial charge in [-0.15, -0.1) is 0 Å². The fraction of sp³-hybridized carbons (Fsp3) is 0.368. The van der Waals surface area contributed by atoms with E-state index in [0.29, 0.717) is 12.6 Å². The van der Waals surface area contributed by atoms with Crippen LogP contribution in [0.25, 0.3) is 0 Å². The molecular formula is C19H18F3N5O2. The largest absolute Gasteiger partial charge is 0.417 e. The van der Waals surface area contributed by atoms with E-state index in [4.69, 9.17) is 5.26 Å². The monoisotopic (exact) mass is 405 g/mol. The SMILES string of the molecule is N#Cc1ccc(NC(=O)c2nccnc2NCC2CCC[C@H]2O)cc1C(F)(F)F. The number of hydrogen-bond donors (Lipinski definition) is 3. The fourth-order valence-electron chi connectivity index (χ4n) is 3.26. The summed E-state index contributed by atoms with van der Waals surface area (Å²) in [5.41, 5.74) is -1.87. The van der Waals surface area contributed by atoms with Crippen molar-refractivity contribution in [3.63, 3.8) is 0 Å². The first-order valence-corrected chi connectivity index (χ1v) is 8.95. The van der Waals surface area contributed by atoms with Gasteiger partial charge in [-0.05, 0) is 31.0 Å². The van der Waals surface area contributed by atoms with E-state index in [-0.39, 0.29) is 23.1 Å². The lowest BCUT2D eigenvalue weighted by Crippen LogP contribution is -2.24. The Morgan fingerprint density at radius 3 is 2.69 bits per heavy atom. The Morgan fingerprint density at radius 1 is 1.28 bits per heavy atom. The fourth-order valence-corrected chi connectivity index (χ4v) is 3.26. The van der Waals surface area contributed by atoms with Gasteiger partial charge in [0.15, 0.2) is 11.5 Å². The van der Waals surface area contributed by atoms with E-state index >= 15 is 0 Å². The van der Waals surface area contributed by atoms with Crippen molar-refractivity contribution in [2.24, 2.45) is 5.92 Å². The molecule has 0 radical (unpaired) electrons. The molecule has 2 atom stereocenters. The number of halogens is 3. The second-order valence-electron chi connectivity index (χ2n) is 6.72. The van der Waals surface area contributed by atoms with E-state index in [1.54, 1.807) is 0 Å².